The molecule has 23 heavy (non-hydrogen) atoms. The summed E-state index contributed by atoms with van der Waals surface area (Å²) in [4.78, 5) is 24.3. The molecular formula is C17H18N2O4. The van der Waals surface area contributed by atoms with Gasteiger partial charge in [-0.2, -0.15) is 0 Å². The molecule has 2 aromatic rings. The van der Waals surface area contributed by atoms with Crippen LogP contribution in [0.2, 0.25) is 0 Å². The summed E-state index contributed by atoms with van der Waals surface area (Å²) in [5.41, 5.74) is 1.23. The molecule has 1 atom stereocenters. The fourth-order valence-corrected chi connectivity index (χ4v) is 2.17. The molecule has 0 aliphatic heterocycles. The van der Waals surface area contributed by atoms with Crippen LogP contribution in [0.25, 0.3) is 0 Å². The average molecular weight is 314 g/mol. The summed E-state index contributed by atoms with van der Waals surface area (Å²) in [6.45, 7) is 1.64. The molecule has 6 nitrogen and oxygen atoms in total. The van der Waals surface area contributed by atoms with Gasteiger partial charge >= 0.3 is 0 Å². The number of likely N-dealkylation sites (N-methyl/N-ethyl adjacent to an activating group) is 1. The highest BCUT2D eigenvalue weighted by atomic mass is 16.6. The predicted molar refractivity (Wildman–Crippen MR) is 86.3 cm³/mol. The Labute approximate surface area is 134 Å². The van der Waals surface area contributed by atoms with Gasteiger partial charge in [-0.3, -0.25) is 14.9 Å². The van der Waals surface area contributed by atoms with Crippen molar-refractivity contribution in [1.82, 2.24) is 4.90 Å². The molecule has 0 aliphatic rings. The van der Waals surface area contributed by atoms with Gasteiger partial charge < -0.3 is 9.64 Å². The van der Waals surface area contributed by atoms with E-state index in [2.05, 4.69) is 0 Å². The number of nitro groups is 1. The second-order valence-electron chi connectivity index (χ2n) is 5.35. The molecule has 1 unspecified atom stereocenters. The Morgan fingerprint density at radius 3 is 2.35 bits per heavy atom. The number of hydrogen-bond acceptors (Lipinski definition) is 4. The number of carbonyl (C=O) groups excluding carboxylic acids is 1. The van der Waals surface area contributed by atoms with Gasteiger partial charge in [0.15, 0.2) is 0 Å². The van der Waals surface area contributed by atoms with E-state index in [-0.39, 0.29) is 11.6 Å². The van der Waals surface area contributed by atoms with E-state index in [1.807, 2.05) is 30.3 Å². The molecule has 0 radical (unpaired) electrons. The van der Waals surface area contributed by atoms with Crippen molar-refractivity contribution in [3.05, 3.63) is 69.8 Å². The predicted octanol–water partition coefficient (Wildman–Crippen LogP) is 3.11. The zero-order valence-corrected chi connectivity index (χ0v) is 13.2. The summed E-state index contributed by atoms with van der Waals surface area (Å²) in [6.07, 6.45) is -0.799. The van der Waals surface area contributed by atoms with E-state index in [9.17, 15) is 14.9 Å². The molecule has 0 aliphatic carbocycles. The van der Waals surface area contributed by atoms with E-state index in [0.717, 1.165) is 5.56 Å². The Kier molecular flexibility index (Phi) is 4.95. The number of amides is 1. The second-order valence-corrected chi connectivity index (χ2v) is 5.35. The summed E-state index contributed by atoms with van der Waals surface area (Å²) in [5.74, 6) is 0.212. The van der Waals surface area contributed by atoms with Crippen molar-refractivity contribution >= 4 is 11.6 Å². The number of aryl methyl sites for hydroxylation is 1. The quantitative estimate of drug-likeness (QED) is 0.628. The van der Waals surface area contributed by atoms with Crippen LogP contribution in [0.15, 0.2) is 48.5 Å². The van der Waals surface area contributed by atoms with E-state index in [4.69, 9.17) is 4.74 Å². The molecule has 0 saturated heterocycles. The van der Waals surface area contributed by atoms with Crippen LogP contribution in [0.4, 0.5) is 5.69 Å². The van der Waals surface area contributed by atoms with Crippen LogP contribution >= 0.6 is 0 Å². The Bertz CT molecular complexity index is 714. The first-order chi connectivity index (χ1) is 10.9. The lowest BCUT2D eigenvalue weighted by molar-refractivity contribution is -0.385. The molecule has 0 spiro atoms. The normalized spacial score (nSPS) is 11.6. The van der Waals surface area contributed by atoms with E-state index in [1.54, 1.807) is 27.1 Å². The standard InChI is InChI=1S/C17H18N2O4/c1-12-11-14(9-10-15(12)19(21)22)23-16(17(20)18(2)3)13-7-5-4-6-8-13/h4-11,16H,1-3H3. The third kappa shape index (κ3) is 3.85. The first kappa shape index (κ1) is 16.5. The zero-order chi connectivity index (χ0) is 17.0. The number of rotatable bonds is 5. The molecule has 2 aromatic carbocycles. The molecule has 0 bridgehead atoms. The van der Waals surface area contributed by atoms with Gasteiger partial charge in [-0.15, -0.1) is 0 Å². The lowest BCUT2D eigenvalue weighted by Gasteiger charge is -2.22. The molecular weight excluding hydrogens is 296 g/mol. The number of hydrogen-bond donors (Lipinski definition) is 0. The van der Waals surface area contributed by atoms with Gasteiger partial charge in [0.25, 0.3) is 11.6 Å². The van der Waals surface area contributed by atoms with Gasteiger partial charge in [0.2, 0.25) is 6.10 Å². The average Bonchev–Trinajstić information content (AvgIpc) is 2.52. The Balaban J connectivity index is 2.33. The zero-order valence-electron chi connectivity index (χ0n) is 13.2. The Morgan fingerprint density at radius 2 is 1.83 bits per heavy atom. The van der Waals surface area contributed by atoms with Crippen molar-refractivity contribution in [2.75, 3.05) is 14.1 Å². The SMILES string of the molecule is Cc1cc(OC(C(=O)N(C)C)c2ccccc2)ccc1[N+](=O)[O-]. The monoisotopic (exact) mass is 314 g/mol. The van der Waals surface area contributed by atoms with Crippen LogP contribution < -0.4 is 4.74 Å². The molecule has 6 heteroatoms. The van der Waals surface area contributed by atoms with Crippen LogP contribution in [0.1, 0.15) is 17.2 Å². The fraction of sp³-hybridized carbons (Fsp3) is 0.235. The van der Waals surface area contributed by atoms with Crippen molar-refractivity contribution in [3.8, 4) is 5.75 Å². The van der Waals surface area contributed by atoms with Crippen LogP contribution in [-0.4, -0.2) is 29.8 Å². The maximum atomic E-state index is 12.4. The number of ether oxygens (including phenoxy) is 1. The minimum atomic E-state index is -0.799. The Hall–Kier alpha value is -2.89. The van der Waals surface area contributed by atoms with Crippen molar-refractivity contribution in [2.24, 2.45) is 0 Å². The smallest absolute Gasteiger partial charge is 0.272 e. The van der Waals surface area contributed by atoms with Crippen molar-refractivity contribution < 1.29 is 14.5 Å². The van der Waals surface area contributed by atoms with Crippen molar-refractivity contribution in [2.45, 2.75) is 13.0 Å². The van der Waals surface area contributed by atoms with Crippen LogP contribution in [0.3, 0.4) is 0 Å². The van der Waals surface area contributed by atoms with Gasteiger partial charge in [-0.05, 0) is 19.1 Å². The van der Waals surface area contributed by atoms with E-state index >= 15 is 0 Å². The first-order valence-electron chi connectivity index (χ1n) is 7.08. The highest BCUT2D eigenvalue weighted by Crippen LogP contribution is 2.28. The molecule has 2 rings (SSSR count). The van der Waals surface area contributed by atoms with E-state index in [0.29, 0.717) is 11.3 Å². The number of benzene rings is 2. The summed E-state index contributed by atoms with van der Waals surface area (Å²) < 4.78 is 5.83. The van der Waals surface area contributed by atoms with Crippen LogP contribution in [-0.2, 0) is 4.79 Å². The fourth-order valence-electron chi connectivity index (χ4n) is 2.17. The van der Waals surface area contributed by atoms with Crippen molar-refractivity contribution in [3.63, 3.8) is 0 Å². The van der Waals surface area contributed by atoms with Crippen molar-refractivity contribution in [1.29, 1.82) is 0 Å². The molecule has 1 amide bonds. The lowest BCUT2D eigenvalue weighted by atomic mass is 10.1. The maximum absolute atomic E-state index is 12.4. The summed E-state index contributed by atoms with van der Waals surface area (Å²) >= 11 is 0. The molecule has 0 fully saturated rings. The number of nitrogens with zero attached hydrogens (tertiary/aromatic N) is 2. The first-order valence-corrected chi connectivity index (χ1v) is 7.08. The van der Waals surface area contributed by atoms with E-state index < -0.39 is 11.0 Å². The molecule has 0 aromatic heterocycles. The summed E-state index contributed by atoms with van der Waals surface area (Å²) in [7, 11) is 3.31. The third-order valence-corrected chi connectivity index (χ3v) is 3.39. The molecule has 0 saturated carbocycles. The molecule has 0 heterocycles. The highest BCUT2D eigenvalue weighted by Gasteiger charge is 2.24. The van der Waals surface area contributed by atoms with Crippen LogP contribution in [0.5, 0.6) is 5.75 Å². The second kappa shape index (κ2) is 6.91. The van der Waals surface area contributed by atoms with Gasteiger partial charge in [0.1, 0.15) is 5.75 Å². The van der Waals surface area contributed by atoms with E-state index in [1.165, 1.54) is 17.0 Å². The minimum absolute atomic E-state index is 0.0209. The van der Waals surface area contributed by atoms with Gasteiger partial charge in [0, 0.05) is 31.3 Å². The molecule has 120 valence electrons. The van der Waals surface area contributed by atoms with Gasteiger partial charge in [-0.25, -0.2) is 0 Å². The largest absolute Gasteiger partial charge is 0.476 e. The number of nitro benzene ring substituents is 1. The summed E-state index contributed by atoms with van der Waals surface area (Å²) in [6, 6.07) is 13.6. The molecule has 0 N–H and O–H groups in total. The maximum Gasteiger partial charge on any atom is 0.272 e. The third-order valence-electron chi connectivity index (χ3n) is 3.39. The lowest BCUT2D eigenvalue weighted by Crippen LogP contribution is -2.31. The minimum Gasteiger partial charge on any atom is -0.476 e. The number of carbonyl (C=O) groups is 1. The van der Waals surface area contributed by atoms with Gasteiger partial charge in [0.05, 0.1) is 4.92 Å². The Morgan fingerprint density at radius 1 is 1.17 bits per heavy atom. The highest BCUT2D eigenvalue weighted by molar-refractivity contribution is 5.82. The topological polar surface area (TPSA) is 72.7 Å². The van der Waals surface area contributed by atoms with Crippen LogP contribution in [0, 0.1) is 17.0 Å². The summed E-state index contributed by atoms with van der Waals surface area (Å²) in [5, 5.41) is 10.9. The van der Waals surface area contributed by atoms with Gasteiger partial charge in [-0.1, -0.05) is 30.3 Å².